The second kappa shape index (κ2) is 4.76. The SMILES string of the molecule is CC(C)(C)CNC(=O)CCC#N. The molecule has 3 nitrogen and oxygen atoms in total. The summed E-state index contributed by atoms with van der Waals surface area (Å²) < 4.78 is 0. The zero-order valence-corrected chi connectivity index (χ0v) is 7.98. The predicted molar refractivity (Wildman–Crippen MR) is 47.3 cm³/mol. The number of nitrogens with one attached hydrogen (secondary N) is 1. The van der Waals surface area contributed by atoms with Crippen LogP contribution in [0.25, 0.3) is 0 Å². The topological polar surface area (TPSA) is 52.9 Å². The average molecular weight is 168 g/mol. The monoisotopic (exact) mass is 168 g/mol. The molecule has 0 aromatic heterocycles. The standard InChI is InChI=1S/C9H16N2O/c1-9(2,3)7-11-8(12)5-4-6-10/h4-5,7H2,1-3H3,(H,11,12). The molecule has 0 atom stereocenters. The Morgan fingerprint density at radius 2 is 2.08 bits per heavy atom. The van der Waals surface area contributed by atoms with Crippen LogP contribution in [0.2, 0.25) is 0 Å². The first-order valence-corrected chi connectivity index (χ1v) is 4.09. The van der Waals surface area contributed by atoms with Gasteiger partial charge in [0.1, 0.15) is 0 Å². The van der Waals surface area contributed by atoms with Crippen LogP contribution in [0.1, 0.15) is 33.6 Å². The molecule has 0 aliphatic carbocycles. The minimum absolute atomic E-state index is 0.0357. The minimum atomic E-state index is -0.0357. The number of hydrogen-bond donors (Lipinski definition) is 1. The van der Waals surface area contributed by atoms with Gasteiger partial charge in [-0.2, -0.15) is 5.26 Å². The van der Waals surface area contributed by atoms with Crippen molar-refractivity contribution in [3.05, 3.63) is 0 Å². The van der Waals surface area contributed by atoms with Crippen molar-refractivity contribution in [3.63, 3.8) is 0 Å². The molecule has 1 N–H and O–H groups in total. The molecule has 0 radical (unpaired) electrons. The van der Waals surface area contributed by atoms with Crippen molar-refractivity contribution in [2.24, 2.45) is 5.41 Å². The van der Waals surface area contributed by atoms with E-state index in [2.05, 4.69) is 26.1 Å². The van der Waals surface area contributed by atoms with Gasteiger partial charge in [0.25, 0.3) is 0 Å². The lowest BCUT2D eigenvalue weighted by Gasteiger charge is -2.18. The van der Waals surface area contributed by atoms with Crippen molar-refractivity contribution in [3.8, 4) is 6.07 Å². The third kappa shape index (κ3) is 7.07. The third-order valence-electron chi connectivity index (χ3n) is 1.28. The molecule has 12 heavy (non-hydrogen) atoms. The molecular weight excluding hydrogens is 152 g/mol. The number of hydrogen-bond acceptors (Lipinski definition) is 2. The van der Waals surface area contributed by atoms with Crippen LogP contribution in [-0.4, -0.2) is 12.5 Å². The van der Waals surface area contributed by atoms with Crippen LogP contribution in [0.4, 0.5) is 0 Å². The number of amides is 1. The highest BCUT2D eigenvalue weighted by atomic mass is 16.1. The summed E-state index contributed by atoms with van der Waals surface area (Å²) in [7, 11) is 0. The largest absolute Gasteiger partial charge is 0.356 e. The van der Waals surface area contributed by atoms with Gasteiger partial charge in [-0.25, -0.2) is 0 Å². The molecule has 0 fully saturated rings. The lowest BCUT2D eigenvalue weighted by molar-refractivity contribution is -0.121. The molecule has 0 spiro atoms. The Hall–Kier alpha value is -1.04. The molecule has 0 saturated carbocycles. The van der Waals surface area contributed by atoms with Crippen LogP contribution in [0.5, 0.6) is 0 Å². The Bertz CT molecular complexity index is 186. The van der Waals surface area contributed by atoms with Gasteiger partial charge < -0.3 is 5.32 Å². The van der Waals surface area contributed by atoms with Gasteiger partial charge in [0, 0.05) is 19.4 Å². The number of carbonyl (C=O) groups is 1. The van der Waals surface area contributed by atoms with Gasteiger partial charge in [-0.1, -0.05) is 20.8 Å². The highest BCUT2D eigenvalue weighted by Gasteiger charge is 2.11. The molecule has 3 heteroatoms. The van der Waals surface area contributed by atoms with E-state index >= 15 is 0 Å². The molecule has 0 rings (SSSR count). The maximum atomic E-state index is 11.0. The Kier molecular flexibility index (Phi) is 4.35. The first kappa shape index (κ1) is 11.0. The zero-order chi connectivity index (χ0) is 9.61. The molecule has 0 saturated heterocycles. The Labute approximate surface area is 73.8 Å². The summed E-state index contributed by atoms with van der Waals surface area (Å²) in [5.41, 5.74) is 0.113. The molecule has 0 aromatic carbocycles. The van der Waals surface area contributed by atoms with Crippen molar-refractivity contribution in [1.82, 2.24) is 5.32 Å². The molecule has 0 heterocycles. The van der Waals surface area contributed by atoms with Gasteiger partial charge in [0.05, 0.1) is 6.07 Å². The normalized spacial score (nSPS) is 10.5. The molecule has 0 aliphatic heterocycles. The molecule has 0 bridgehead atoms. The van der Waals surface area contributed by atoms with Gasteiger partial charge in [-0.3, -0.25) is 4.79 Å². The van der Waals surface area contributed by atoms with Crippen LogP contribution in [0, 0.1) is 16.7 Å². The van der Waals surface area contributed by atoms with E-state index in [4.69, 9.17) is 5.26 Å². The maximum Gasteiger partial charge on any atom is 0.221 e. The summed E-state index contributed by atoms with van der Waals surface area (Å²) in [4.78, 5) is 11.0. The van der Waals surface area contributed by atoms with Crippen molar-refractivity contribution in [2.45, 2.75) is 33.6 Å². The minimum Gasteiger partial charge on any atom is -0.356 e. The number of nitriles is 1. The second-order valence-electron chi connectivity index (χ2n) is 4.00. The van der Waals surface area contributed by atoms with E-state index in [0.717, 1.165) is 0 Å². The van der Waals surface area contributed by atoms with E-state index in [9.17, 15) is 4.79 Å². The highest BCUT2D eigenvalue weighted by Crippen LogP contribution is 2.10. The lowest BCUT2D eigenvalue weighted by Crippen LogP contribution is -2.31. The highest BCUT2D eigenvalue weighted by molar-refractivity contribution is 5.76. The summed E-state index contributed by atoms with van der Waals surface area (Å²) in [6.45, 7) is 6.82. The Morgan fingerprint density at radius 1 is 1.50 bits per heavy atom. The van der Waals surface area contributed by atoms with Gasteiger partial charge in [-0.05, 0) is 5.41 Å². The van der Waals surface area contributed by atoms with E-state index in [1.54, 1.807) is 0 Å². The van der Waals surface area contributed by atoms with E-state index in [0.29, 0.717) is 19.4 Å². The second-order valence-corrected chi connectivity index (χ2v) is 4.00. The van der Waals surface area contributed by atoms with Crippen molar-refractivity contribution in [1.29, 1.82) is 5.26 Å². The molecule has 1 amide bonds. The molecule has 0 aliphatic rings. The first-order chi connectivity index (χ1) is 5.45. The van der Waals surface area contributed by atoms with Crippen LogP contribution in [0.15, 0.2) is 0 Å². The van der Waals surface area contributed by atoms with Crippen LogP contribution in [0.3, 0.4) is 0 Å². The number of carbonyl (C=O) groups excluding carboxylic acids is 1. The Morgan fingerprint density at radius 3 is 2.50 bits per heavy atom. The summed E-state index contributed by atoms with van der Waals surface area (Å²) in [6.07, 6.45) is 0.614. The quantitative estimate of drug-likeness (QED) is 0.693. The predicted octanol–water partition coefficient (Wildman–Crippen LogP) is 1.45. The first-order valence-electron chi connectivity index (χ1n) is 4.09. The van der Waals surface area contributed by atoms with E-state index in [1.807, 2.05) is 6.07 Å². The fourth-order valence-electron chi connectivity index (χ4n) is 0.622. The van der Waals surface area contributed by atoms with Gasteiger partial charge in [0.15, 0.2) is 0 Å². The molecule has 0 unspecified atom stereocenters. The van der Waals surface area contributed by atoms with Gasteiger partial charge >= 0.3 is 0 Å². The van der Waals surface area contributed by atoms with Crippen LogP contribution in [-0.2, 0) is 4.79 Å². The molecule has 0 aromatic rings. The molecular formula is C9H16N2O. The van der Waals surface area contributed by atoms with E-state index < -0.39 is 0 Å². The zero-order valence-electron chi connectivity index (χ0n) is 7.98. The van der Waals surface area contributed by atoms with Crippen LogP contribution >= 0.6 is 0 Å². The van der Waals surface area contributed by atoms with E-state index in [1.165, 1.54) is 0 Å². The number of rotatable bonds is 3. The summed E-state index contributed by atoms with van der Waals surface area (Å²) in [6, 6.07) is 1.93. The van der Waals surface area contributed by atoms with Crippen molar-refractivity contribution >= 4 is 5.91 Å². The molecule has 68 valence electrons. The van der Waals surface area contributed by atoms with Crippen LogP contribution < -0.4 is 5.32 Å². The summed E-state index contributed by atoms with van der Waals surface area (Å²) in [5.74, 6) is -0.0357. The van der Waals surface area contributed by atoms with Gasteiger partial charge in [-0.15, -0.1) is 0 Å². The van der Waals surface area contributed by atoms with Crippen molar-refractivity contribution in [2.75, 3.05) is 6.54 Å². The third-order valence-corrected chi connectivity index (χ3v) is 1.28. The Balaban J connectivity index is 3.53. The summed E-state index contributed by atoms with van der Waals surface area (Å²) >= 11 is 0. The van der Waals surface area contributed by atoms with Gasteiger partial charge in [0.2, 0.25) is 5.91 Å². The maximum absolute atomic E-state index is 11.0. The summed E-state index contributed by atoms with van der Waals surface area (Å²) in [5, 5.41) is 11.0. The van der Waals surface area contributed by atoms with Crippen molar-refractivity contribution < 1.29 is 4.79 Å². The fourth-order valence-corrected chi connectivity index (χ4v) is 0.622. The average Bonchev–Trinajstić information content (AvgIpc) is 1.95. The number of nitrogens with zero attached hydrogens (tertiary/aromatic N) is 1. The fraction of sp³-hybridized carbons (Fsp3) is 0.778. The smallest absolute Gasteiger partial charge is 0.221 e. The lowest BCUT2D eigenvalue weighted by atomic mass is 9.97. The van der Waals surface area contributed by atoms with E-state index in [-0.39, 0.29) is 11.3 Å².